The Kier molecular flexibility index (Phi) is 12.4. The summed E-state index contributed by atoms with van der Waals surface area (Å²) in [6.07, 6.45) is 3.07. The molecule has 0 fully saturated rings. The molecular weight excluding hydrogens is 783 g/mol. The van der Waals surface area contributed by atoms with Crippen molar-refractivity contribution >= 4 is 17.1 Å². The van der Waals surface area contributed by atoms with Crippen LogP contribution in [0, 0.1) is 0 Å². The summed E-state index contributed by atoms with van der Waals surface area (Å²) in [5.74, 6) is 0.390. The van der Waals surface area contributed by atoms with E-state index in [2.05, 4.69) is 272 Å². The monoisotopic (exact) mass is 833 g/mol. The van der Waals surface area contributed by atoms with Crippen LogP contribution in [-0.4, -0.2) is 0 Å². The Morgan fingerprint density at radius 2 is 0.508 bits per heavy atom. The zero-order chi connectivity index (χ0) is 43.6. The first kappa shape index (κ1) is 41.0. The second-order valence-corrected chi connectivity index (χ2v) is 16.9. The average molecular weight is 834 g/mol. The minimum atomic E-state index is 0.390. The summed E-state index contributed by atoms with van der Waals surface area (Å²) in [7, 11) is 0. The molecular formula is C64H51N. The van der Waals surface area contributed by atoms with E-state index >= 15 is 0 Å². The molecule has 1 atom stereocenters. The van der Waals surface area contributed by atoms with Crippen molar-refractivity contribution in [1.29, 1.82) is 0 Å². The van der Waals surface area contributed by atoms with Gasteiger partial charge in [-0.15, -0.1) is 0 Å². The Morgan fingerprint density at radius 1 is 0.246 bits per heavy atom. The van der Waals surface area contributed by atoms with E-state index in [1.807, 2.05) is 0 Å². The largest absolute Gasteiger partial charge is 0.311 e. The van der Waals surface area contributed by atoms with Crippen LogP contribution in [-0.2, 0) is 12.8 Å². The third-order valence-corrected chi connectivity index (χ3v) is 12.7. The molecule has 10 rings (SSSR count). The van der Waals surface area contributed by atoms with Crippen molar-refractivity contribution in [2.24, 2.45) is 0 Å². The fourth-order valence-corrected chi connectivity index (χ4v) is 9.04. The topological polar surface area (TPSA) is 3.24 Å². The van der Waals surface area contributed by atoms with E-state index in [0.717, 1.165) is 36.3 Å². The highest BCUT2D eigenvalue weighted by atomic mass is 15.1. The Balaban J connectivity index is 0.870. The third kappa shape index (κ3) is 9.81. The number of nitrogens with zero attached hydrogens (tertiary/aromatic N) is 1. The van der Waals surface area contributed by atoms with Gasteiger partial charge in [-0.05, 0) is 134 Å². The maximum absolute atomic E-state index is 2.35. The van der Waals surface area contributed by atoms with Crippen LogP contribution in [0.5, 0.6) is 0 Å². The summed E-state index contributed by atoms with van der Waals surface area (Å²) in [6.45, 7) is 0. The maximum Gasteiger partial charge on any atom is 0.0462 e. The summed E-state index contributed by atoms with van der Waals surface area (Å²) in [4.78, 5) is 2.35. The van der Waals surface area contributed by atoms with Crippen LogP contribution in [0.2, 0.25) is 0 Å². The highest BCUT2D eigenvalue weighted by molar-refractivity contribution is 5.81. The molecule has 65 heavy (non-hydrogen) atoms. The number of hydrogen-bond donors (Lipinski definition) is 0. The molecule has 0 aromatic heterocycles. The molecule has 10 aromatic rings. The molecule has 312 valence electrons. The summed E-state index contributed by atoms with van der Waals surface area (Å²) in [6, 6.07) is 97.0. The molecule has 0 bridgehead atoms. The number of benzene rings is 10. The van der Waals surface area contributed by atoms with Crippen LogP contribution >= 0.6 is 0 Å². The third-order valence-electron chi connectivity index (χ3n) is 12.7. The zero-order valence-electron chi connectivity index (χ0n) is 36.5. The van der Waals surface area contributed by atoms with Gasteiger partial charge in [0, 0.05) is 17.1 Å². The normalized spacial score (nSPS) is 11.5. The summed E-state index contributed by atoms with van der Waals surface area (Å²) >= 11 is 0. The lowest BCUT2D eigenvalue weighted by Crippen LogP contribution is -2.09. The van der Waals surface area contributed by atoms with E-state index in [9.17, 15) is 0 Å². The van der Waals surface area contributed by atoms with E-state index in [-0.39, 0.29) is 0 Å². The predicted octanol–water partition coefficient (Wildman–Crippen LogP) is 17.5. The summed E-state index contributed by atoms with van der Waals surface area (Å²) < 4.78 is 0. The average Bonchev–Trinajstić information content (AvgIpc) is 3.40. The highest BCUT2D eigenvalue weighted by Crippen LogP contribution is 2.38. The minimum absolute atomic E-state index is 0.390. The molecule has 1 heteroatoms. The molecule has 0 N–H and O–H groups in total. The van der Waals surface area contributed by atoms with Gasteiger partial charge >= 0.3 is 0 Å². The van der Waals surface area contributed by atoms with Gasteiger partial charge in [-0.3, -0.25) is 0 Å². The molecule has 0 spiro atoms. The van der Waals surface area contributed by atoms with Crippen molar-refractivity contribution in [2.75, 3.05) is 4.90 Å². The first-order chi connectivity index (χ1) is 32.2. The Morgan fingerprint density at radius 3 is 0.831 bits per heavy atom. The lowest BCUT2D eigenvalue weighted by molar-refractivity contribution is 0.621. The fourth-order valence-electron chi connectivity index (χ4n) is 9.04. The number of aryl methyl sites for hydroxylation is 1. The molecule has 10 aromatic carbocycles. The molecule has 0 amide bonds. The minimum Gasteiger partial charge on any atom is -0.311 e. The van der Waals surface area contributed by atoms with Crippen molar-refractivity contribution in [3.8, 4) is 55.6 Å². The van der Waals surface area contributed by atoms with Gasteiger partial charge in [-0.1, -0.05) is 231 Å². The van der Waals surface area contributed by atoms with Crippen LogP contribution in [0.3, 0.4) is 0 Å². The fraction of sp³-hybridized carbons (Fsp3) is 0.0625. The lowest BCUT2D eigenvalue weighted by Gasteiger charge is -2.26. The summed E-state index contributed by atoms with van der Waals surface area (Å²) in [5, 5.41) is 0. The zero-order valence-corrected chi connectivity index (χ0v) is 36.5. The Hall–Kier alpha value is -8.00. The van der Waals surface area contributed by atoms with Gasteiger partial charge in [0.2, 0.25) is 0 Å². The molecule has 0 aliphatic heterocycles. The predicted molar refractivity (Wildman–Crippen MR) is 276 cm³/mol. The van der Waals surface area contributed by atoms with E-state index < -0.39 is 0 Å². The van der Waals surface area contributed by atoms with Crippen LogP contribution in [0.15, 0.2) is 267 Å². The second-order valence-electron chi connectivity index (χ2n) is 16.9. The van der Waals surface area contributed by atoms with E-state index in [1.165, 1.54) is 72.3 Å². The van der Waals surface area contributed by atoms with Gasteiger partial charge in [0.05, 0.1) is 0 Å². The highest BCUT2D eigenvalue weighted by Gasteiger charge is 2.16. The number of rotatable bonds is 14. The van der Waals surface area contributed by atoms with Crippen LogP contribution < -0.4 is 4.90 Å². The van der Waals surface area contributed by atoms with Gasteiger partial charge < -0.3 is 4.90 Å². The molecule has 0 aliphatic rings. The quantitative estimate of drug-likeness (QED) is 0.105. The van der Waals surface area contributed by atoms with Gasteiger partial charge in [-0.25, -0.2) is 0 Å². The molecule has 0 aliphatic carbocycles. The first-order valence-corrected chi connectivity index (χ1v) is 22.8. The number of anilines is 3. The van der Waals surface area contributed by atoms with Gasteiger partial charge in [0.1, 0.15) is 0 Å². The standard InChI is InChI=1S/C64H51N/c1-5-13-50(14-6-1)54-28-24-49(25-29-54)47-61(60-33-31-56(32-34-60)51-15-7-2-8-16-51)30-23-48-21-26-55(27-22-48)59-39-45-64(46-40-59)65(62-41-35-57(36-42-62)52-17-9-3-10-18-52)63-43-37-58(38-44-63)53-19-11-4-12-20-53/h1-22,24-29,31-46,61H,23,30,47H2. The van der Waals surface area contributed by atoms with Gasteiger partial charge in [-0.2, -0.15) is 0 Å². The van der Waals surface area contributed by atoms with Gasteiger partial charge in [0.15, 0.2) is 0 Å². The lowest BCUT2D eigenvalue weighted by atomic mass is 9.86. The van der Waals surface area contributed by atoms with E-state index in [1.54, 1.807) is 0 Å². The molecule has 1 nitrogen and oxygen atoms in total. The SMILES string of the molecule is c1ccc(-c2ccc(CC(CCc3ccc(-c4ccc(N(c5ccc(-c6ccccc6)cc5)c5ccc(-c6ccccc6)cc5)cc4)cc3)c3ccc(-c4ccccc4)cc3)cc2)cc1. The Bertz CT molecular complexity index is 2930. The van der Waals surface area contributed by atoms with Crippen molar-refractivity contribution in [3.05, 3.63) is 284 Å². The second kappa shape index (κ2) is 19.6. The van der Waals surface area contributed by atoms with Crippen LogP contribution in [0.1, 0.15) is 29.0 Å². The van der Waals surface area contributed by atoms with Crippen molar-refractivity contribution in [3.63, 3.8) is 0 Å². The van der Waals surface area contributed by atoms with E-state index in [0.29, 0.717) is 5.92 Å². The molecule has 0 saturated heterocycles. The molecule has 0 radical (unpaired) electrons. The first-order valence-electron chi connectivity index (χ1n) is 22.8. The molecule has 1 unspecified atom stereocenters. The smallest absolute Gasteiger partial charge is 0.0462 e. The van der Waals surface area contributed by atoms with Crippen LogP contribution in [0.25, 0.3) is 55.6 Å². The van der Waals surface area contributed by atoms with Gasteiger partial charge in [0.25, 0.3) is 0 Å². The van der Waals surface area contributed by atoms with Crippen molar-refractivity contribution < 1.29 is 0 Å². The number of hydrogen-bond acceptors (Lipinski definition) is 1. The Labute approximate surface area is 384 Å². The van der Waals surface area contributed by atoms with Crippen molar-refractivity contribution in [1.82, 2.24) is 0 Å². The van der Waals surface area contributed by atoms with Crippen molar-refractivity contribution in [2.45, 2.75) is 25.2 Å². The van der Waals surface area contributed by atoms with E-state index in [4.69, 9.17) is 0 Å². The summed E-state index contributed by atoms with van der Waals surface area (Å²) in [5.41, 5.74) is 19.7. The molecule has 0 saturated carbocycles. The maximum atomic E-state index is 2.35. The van der Waals surface area contributed by atoms with Crippen LogP contribution in [0.4, 0.5) is 17.1 Å². The molecule has 0 heterocycles.